The van der Waals surface area contributed by atoms with Crippen molar-refractivity contribution in [2.45, 2.75) is 6.04 Å². The van der Waals surface area contributed by atoms with Gasteiger partial charge in [-0.3, -0.25) is 0 Å². The van der Waals surface area contributed by atoms with Gasteiger partial charge in [0.2, 0.25) is 0 Å². The first-order chi connectivity index (χ1) is 7.72. The first-order valence-corrected chi connectivity index (χ1v) is 6.10. The van der Waals surface area contributed by atoms with E-state index in [-0.39, 0.29) is 6.04 Å². The molecule has 1 unspecified atom stereocenters. The largest absolute Gasteiger partial charge is 0.497 e. The summed E-state index contributed by atoms with van der Waals surface area (Å²) in [4.78, 5) is 0.992. The summed E-state index contributed by atoms with van der Waals surface area (Å²) < 4.78 is 5.10. The van der Waals surface area contributed by atoms with Crippen LogP contribution in [-0.4, -0.2) is 7.11 Å². The molecule has 2 aromatic rings. The molecule has 4 heteroatoms. The van der Waals surface area contributed by atoms with Crippen molar-refractivity contribution in [1.82, 2.24) is 0 Å². The van der Waals surface area contributed by atoms with Gasteiger partial charge in [0, 0.05) is 4.88 Å². The fourth-order valence-corrected chi connectivity index (χ4v) is 2.69. The number of hydrogen-bond donors (Lipinski definition) is 1. The molecule has 0 aliphatic carbocycles. The summed E-state index contributed by atoms with van der Waals surface area (Å²) in [6, 6.07) is 9.41. The zero-order valence-electron chi connectivity index (χ0n) is 8.81. The van der Waals surface area contributed by atoms with E-state index < -0.39 is 0 Å². The second-order valence-electron chi connectivity index (χ2n) is 3.38. The second kappa shape index (κ2) is 4.87. The molecule has 1 heterocycles. The lowest BCUT2D eigenvalue weighted by molar-refractivity contribution is 0.414. The van der Waals surface area contributed by atoms with Crippen LogP contribution in [0.3, 0.4) is 0 Å². The maximum absolute atomic E-state index is 6.14. The average Bonchev–Trinajstić information content (AvgIpc) is 2.75. The Bertz CT molecular complexity index is 466. The maximum atomic E-state index is 6.14. The van der Waals surface area contributed by atoms with Gasteiger partial charge >= 0.3 is 0 Å². The Morgan fingerprint density at radius 1 is 1.25 bits per heavy atom. The number of hydrogen-bond acceptors (Lipinski definition) is 3. The molecule has 16 heavy (non-hydrogen) atoms. The van der Waals surface area contributed by atoms with Crippen LogP contribution in [0.4, 0.5) is 0 Å². The van der Waals surface area contributed by atoms with Crippen LogP contribution in [0, 0.1) is 0 Å². The highest BCUT2D eigenvalue weighted by atomic mass is 35.5. The van der Waals surface area contributed by atoms with Gasteiger partial charge in [-0.05, 0) is 29.1 Å². The monoisotopic (exact) mass is 253 g/mol. The summed E-state index contributed by atoms with van der Waals surface area (Å²) in [5.41, 5.74) is 7.17. The van der Waals surface area contributed by atoms with Crippen LogP contribution < -0.4 is 10.5 Å². The predicted octanol–water partition coefficient (Wildman–Crippen LogP) is 3.46. The van der Waals surface area contributed by atoms with Gasteiger partial charge in [0.05, 0.1) is 18.2 Å². The number of benzene rings is 1. The number of thiophene rings is 1. The van der Waals surface area contributed by atoms with E-state index in [0.717, 1.165) is 21.2 Å². The Morgan fingerprint density at radius 2 is 1.94 bits per heavy atom. The lowest BCUT2D eigenvalue weighted by Crippen LogP contribution is -2.10. The molecule has 1 aromatic carbocycles. The first-order valence-electron chi connectivity index (χ1n) is 4.85. The number of nitrogens with two attached hydrogens (primary N) is 1. The summed E-state index contributed by atoms with van der Waals surface area (Å²) in [7, 11) is 1.64. The minimum atomic E-state index is -0.168. The second-order valence-corrected chi connectivity index (χ2v) is 4.74. The highest BCUT2D eigenvalue weighted by Crippen LogP contribution is 2.31. The number of methoxy groups -OCH3 is 1. The molecule has 0 aliphatic heterocycles. The molecule has 1 atom stereocenters. The summed E-state index contributed by atoms with van der Waals surface area (Å²) in [6.07, 6.45) is 0. The number of ether oxygens (including phenoxy) is 1. The van der Waals surface area contributed by atoms with E-state index in [1.165, 1.54) is 0 Å². The Balaban J connectivity index is 2.27. The Morgan fingerprint density at radius 3 is 2.44 bits per heavy atom. The van der Waals surface area contributed by atoms with Gasteiger partial charge in [0.1, 0.15) is 5.75 Å². The van der Waals surface area contributed by atoms with Crippen molar-refractivity contribution in [3.8, 4) is 5.75 Å². The fourth-order valence-electron chi connectivity index (χ4n) is 1.49. The van der Waals surface area contributed by atoms with E-state index in [9.17, 15) is 0 Å². The van der Waals surface area contributed by atoms with Crippen molar-refractivity contribution in [3.63, 3.8) is 0 Å². The number of rotatable bonds is 3. The molecule has 2 N–H and O–H groups in total. The van der Waals surface area contributed by atoms with E-state index in [0.29, 0.717) is 0 Å². The molecule has 1 aromatic heterocycles. The van der Waals surface area contributed by atoms with Gasteiger partial charge < -0.3 is 10.5 Å². The SMILES string of the molecule is COc1ccc(C(N)c2sccc2Cl)cc1. The minimum Gasteiger partial charge on any atom is -0.497 e. The van der Waals surface area contributed by atoms with Gasteiger partial charge in [0.15, 0.2) is 0 Å². The van der Waals surface area contributed by atoms with Gasteiger partial charge in [0.25, 0.3) is 0 Å². The molecule has 2 rings (SSSR count). The topological polar surface area (TPSA) is 35.2 Å². The van der Waals surface area contributed by atoms with Crippen molar-refractivity contribution >= 4 is 22.9 Å². The quantitative estimate of drug-likeness (QED) is 0.909. The third kappa shape index (κ3) is 2.21. The summed E-state index contributed by atoms with van der Waals surface area (Å²) >= 11 is 7.62. The average molecular weight is 254 g/mol. The standard InChI is InChI=1S/C12H12ClNOS/c1-15-9-4-2-8(3-5-9)11(14)12-10(13)6-7-16-12/h2-7,11H,14H2,1H3. The van der Waals surface area contributed by atoms with Crippen LogP contribution in [0.2, 0.25) is 5.02 Å². The van der Waals surface area contributed by atoms with E-state index in [1.54, 1.807) is 18.4 Å². The highest BCUT2D eigenvalue weighted by molar-refractivity contribution is 7.10. The van der Waals surface area contributed by atoms with Crippen LogP contribution >= 0.6 is 22.9 Å². The zero-order valence-corrected chi connectivity index (χ0v) is 10.4. The van der Waals surface area contributed by atoms with E-state index in [1.807, 2.05) is 35.7 Å². The Labute approximate surface area is 104 Å². The van der Waals surface area contributed by atoms with Crippen molar-refractivity contribution in [2.24, 2.45) is 5.73 Å². The third-order valence-electron chi connectivity index (χ3n) is 2.40. The minimum absolute atomic E-state index is 0.168. The fraction of sp³-hybridized carbons (Fsp3) is 0.167. The van der Waals surface area contributed by atoms with Gasteiger partial charge in [-0.15, -0.1) is 11.3 Å². The molecular weight excluding hydrogens is 242 g/mol. The van der Waals surface area contributed by atoms with E-state index >= 15 is 0 Å². The Hall–Kier alpha value is -1.03. The van der Waals surface area contributed by atoms with E-state index in [2.05, 4.69) is 0 Å². The van der Waals surface area contributed by atoms with Gasteiger partial charge in [-0.2, -0.15) is 0 Å². The van der Waals surface area contributed by atoms with Crippen LogP contribution in [0.1, 0.15) is 16.5 Å². The van der Waals surface area contributed by atoms with Crippen molar-refractivity contribution in [1.29, 1.82) is 0 Å². The van der Waals surface area contributed by atoms with Gasteiger partial charge in [-0.25, -0.2) is 0 Å². The van der Waals surface area contributed by atoms with Gasteiger partial charge in [-0.1, -0.05) is 23.7 Å². The molecule has 84 valence electrons. The lowest BCUT2D eigenvalue weighted by Gasteiger charge is -2.11. The maximum Gasteiger partial charge on any atom is 0.118 e. The van der Waals surface area contributed by atoms with Crippen LogP contribution in [0.25, 0.3) is 0 Å². The summed E-state index contributed by atoms with van der Waals surface area (Å²) in [5.74, 6) is 0.827. The Kier molecular flexibility index (Phi) is 3.49. The molecule has 0 radical (unpaired) electrons. The van der Waals surface area contributed by atoms with Crippen LogP contribution in [-0.2, 0) is 0 Å². The van der Waals surface area contributed by atoms with Crippen molar-refractivity contribution in [2.75, 3.05) is 7.11 Å². The lowest BCUT2D eigenvalue weighted by atomic mass is 10.1. The summed E-state index contributed by atoms with van der Waals surface area (Å²) in [5, 5.41) is 2.68. The number of halogens is 1. The molecule has 0 aliphatic rings. The smallest absolute Gasteiger partial charge is 0.118 e. The van der Waals surface area contributed by atoms with Crippen molar-refractivity contribution < 1.29 is 4.74 Å². The first kappa shape index (κ1) is 11.5. The molecular formula is C12H12ClNOS. The van der Waals surface area contributed by atoms with E-state index in [4.69, 9.17) is 22.1 Å². The molecule has 0 saturated heterocycles. The molecule has 0 saturated carbocycles. The molecule has 0 spiro atoms. The molecule has 2 nitrogen and oxygen atoms in total. The van der Waals surface area contributed by atoms with Crippen molar-refractivity contribution in [3.05, 3.63) is 51.2 Å². The third-order valence-corrected chi connectivity index (χ3v) is 3.84. The highest BCUT2D eigenvalue weighted by Gasteiger charge is 2.13. The van der Waals surface area contributed by atoms with Crippen LogP contribution in [0.5, 0.6) is 5.75 Å². The zero-order chi connectivity index (χ0) is 11.5. The summed E-state index contributed by atoms with van der Waals surface area (Å²) in [6.45, 7) is 0. The predicted molar refractivity (Wildman–Crippen MR) is 68.4 cm³/mol. The molecule has 0 fully saturated rings. The molecule has 0 amide bonds. The normalized spacial score (nSPS) is 12.4. The molecule has 0 bridgehead atoms. The van der Waals surface area contributed by atoms with Crippen LogP contribution in [0.15, 0.2) is 35.7 Å².